The number of aromatic hydroxyl groups is 1. The average Bonchev–Trinajstić information content (AvgIpc) is 2.51. The molecule has 6 nitrogen and oxygen atoms in total. The topological polar surface area (TPSA) is 81.7 Å². The Bertz CT molecular complexity index is 763. The third-order valence-electron chi connectivity index (χ3n) is 3.58. The van der Waals surface area contributed by atoms with Crippen LogP contribution in [0.15, 0.2) is 29.3 Å². The zero-order chi connectivity index (χ0) is 19.6. The van der Waals surface area contributed by atoms with Crippen molar-refractivity contribution in [2.24, 2.45) is 0 Å². The van der Waals surface area contributed by atoms with Crippen molar-refractivity contribution >= 4 is 25.7 Å². The number of phenols is 1. The highest BCUT2D eigenvalue weighted by molar-refractivity contribution is 7.66. The Hall–Kier alpha value is -2.28. The molecule has 1 aromatic carbocycles. The molecule has 0 aliphatic carbocycles. The van der Waals surface area contributed by atoms with Crippen LogP contribution in [0.3, 0.4) is 0 Å². The van der Waals surface area contributed by atoms with E-state index in [0.29, 0.717) is 5.44 Å². The van der Waals surface area contributed by atoms with Crippen molar-refractivity contribution in [3.05, 3.63) is 34.9 Å². The molecular weight excluding hydrogens is 370 g/mol. The summed E-state index contributed by atoms with van der Waals surface area (Å²) in [6.45, 7) is 1.37. The van der Waals surface area contributed by atoms with Crippen molar-refractivity contribution in [3.8, 4) is 5.75 Å². The van der Waals surface area contributed by atoms with Gasteiger partial charge < -0.3 is 20.6 Å². The van der Waals surface area contributed by atoms with E-state index in [4.69, 9.17) is 0 Å². The first-order chi connectivity index (χ1) is 12.0. The van der Waals surface area contributed by atoms with Gasteiger partial charge in [-0.25, -0.2) is 0 Å². The van der Waals surface area contributed by atoms with E-state index < -0.39 is 24.5 Å². The monoisotopic (exact) mass is 389 g/mol. The summed E-state index contributed by atoms with van der Waals surface area (Å²) in [4.78, 5) is 25.2. The van der Waals surface area contributed by atoms with Crippen LogP contribution in [0.4, 0.5) is 18.9 Å². The number of benzene rings is 1. The first-order valence-electron chi connectivity index (χ1n) is 7.69. The number of nitrogens with zero attached hydrogens (tertiary/aromatic N) is 1. The number of para-hydroxylation sites is 1. The van der Waals surface area contributed by atoms with E-state index in [9.17, 15) is 27.9 Å². The number of rotatable bonds is 6. The minimum Gasteiger partial charge on any atom is -0.505 e. The third-order valence-corrected chi connectivity index (χ3v) is 4.70. The van der Waals surface area contributed by atoms with Crippen LogP contribution in [0.5, 0.6) is 5.75 Å². The molecule has 2 atom stereocenters. The first-order valence-corrected chi connectivity index (χ1v) is 8.69. The zero-order valence-electron chi connectivity index (χ0n) is 14.4. The van der Waals surface area contributed by atoms with Crippen LogP contribution < -0.4 is 10.6 Å². The lowest BCUT2D eigenvalue weighted by atomic mass is 10.1. The maximum absolute atomic E-state index is 12.4. The molecule has 0 saturated carbocycles. The molecule has 10 heteroatoms. The molecule has 0 saturated heterocycles. The number of allylic oxidation sites excluding steroid dienone is 1. The van der Waals surface area contributed by atoms with Crippen molar-refractivity contribution in [3.63, 3.8) is 0 Å². The quantitative estimate of drug-likeness (QED) is 0.515. The van der Waals surface area contributed by atoms with Crippen molar-refractivity contribution in [2.45, 2.75) is 25.6 Å². The number of hydrogen-bond donors (Lipinski definition) is 3. The molecule has 0 bridgehead atoms. The standard InChI is InChI=1S/C16H19F3N3O3P/c1-8(7-16(17,18)19)20-13-11(15(25)26-13)21-10-6-4-5-9(12(10)23)14(24)22(2)3/h4-6,8,20-21,23,26H,7H2,1-3H3. The fourth-order valence-corrected chi connectivity index (χ4v) is 3.33. The fraction of sp³-hybridized carbons (Fsp3) is 0.375. The summed E-state index contributed by atoms with van der Waals surface area (Å²) < 4.78 is 37.3. The van der Waals surface area contributed by atoms with E-state index in [0.717, 1.165) is 0 Å². The molecule has 0 fully saturated rings. The maximum atomic E-state index is 12.4. The van der Waals surface area contributed by atoms with Crippen LogP contribution >= 0.6 is 8.58 Å². The van der Waals surface area contributed by atoms with Gasteiger partial charge in [0.1, 0.15) is 5.70 Å². The zero-order valence-corrected chi connectivity index (χ0v) is 15.4. The Labute approximate surface area is 150 Å². The van der Waals surface area contributed by atoms with Crippen LogP contribution in [-0.2, 0) is 4.79 Å². The summed E-state index contributed by atoms with van der Waals surface area (Å²) in [5.74, 6) is -0.747. The normalized spacial score (nSPS) is 16.3. The van der Waals surface area contributed by atoms with Crippen LogP contribution in [-0.4, -0.2) is 47.8 Å². The van der Waals surface area contributed by atoms with Crippen LogP contribution in [0, 0.1) is 0 Å². The van der Waals surface area contributed by atoms with Gasteiger partial charge in [-0.2, -0.15) is 13.2 Å². The number of phenolic OH excluding ortho intramolecular Hbond substituents is 1. The van der Waals surface area contributed by atoms with Gasteiger partial charge in [-0.05, 0) is 19.1 Å². The summed E-state index contributed by atoms with van der Waals surface area (Å²) in [6.07, 6.45) is -5.34. The lowest BCUT2D eigenvalue weighted by Crippen LogP contribution is -2.35. The number of carbonyl (C=O) groups is 2. The fourth-order valence-electron chi connectivity index (χ4n) is 2.35. The van der Waals surface area contributed by atoms with Crippen molar-refractivity contribution < 1.29 is 27.9 Å². The predicted octanol–water partition coefficient (Wildman–Crippen LogP) is 2.82. The predicted molar refractivity (Wildman–Crippen MR) is 93.4 cm³/mol. The Morgan fingerprint density at radius 1 is 1.35 bits per heavy atom. The van der Waals surface area contributed by atoms with Gasteiger partial charge in [0.2, 0.25) is 5.52 Å². The second kappa shape index (κ2) is 7.53. The van der Waals surface area contributed by atoms with Crippen molar-refractivity contribution in [1.29, 1.82) is 0 Å². The summed E-state index contributed by atoms with van der Waals surface area (Å²) in [7, 11) is 2.79. The van der Waals surface area contributed by atoms with E-state index in [1.165, 1.54) is 44.1 Å². The highest BCUT2D eigenvalue weighted by atomic mass is 31.1. The highest BCUT2D eigenvalue weighted by Gasteiger charge is 2.34. The lowest BCUT2D eigenvalue weighted by Gasteiger charge is -2.28. The number of hydrogen-bond acceptors (Lipinski definition) is 5. The second-order valence-corrected chi connectivity index (χ2v) is 7.30. The molecule has 1 aliphatic rings. The van der Waals surface area contributed by atoms with Gasteiger partial charge in [0, 0.05) is 28.7 Å². The van der Waals surface area contributed by atoms with E-state index >= 15 is 0 Å². The largest absolute Gasteiger partial charge is 0.505 e. The Kier molecular flexibility index (Phi) is 5.81. The third kappa shape index (κ3) is 4.66. The van der Waals surface area contributed by atoms with Crippen LogP contribution in [0.25, 0.3) is 0 Å². The maximum Gasteiger partial charge on any atom is 0.391 e. The smallest absolute Gasteiger partial charge is 0.391 e. The second-order valence-electron chi connectivity index (χ2n) is 6.10. The summed E-state index contributed by atoms with van der Waals surface area (Å²) in [5.41, 5.74) is 0.385. The molecule has 1 aromatic rings. The van der Waals surface area contributed by atoms with E-state index in [-0.39, 0.29) is 36.8 Å². The number of alkyl halides is 3. The van der Waals surface area contributed by atoms with Gasteiger partial charge >= 0.3 is 6.18 Å². The molecule has 26 heavy (non-hydrogen) atoms. The molecule has 1 amide bonds. The molecule has 0 radical (unpaired) electrons. The number of anilines is 1. The molecule has 142 valence electrons. The van der Waals surface area contributed by atoms with Gasteiger partial charge in [0.15, 0.2) is 5.75 Å². The van der Waals surface area contributed by atoms with Crippen LogP contribution in [0.2, 0.25) is 0 Å². The number of carbonyl (C=O) groups excluding carboxylic acids is 2. The number of halogens is 3. The van der Waals surface area contributed by atoms with Gasteiger partial charge in [-0.15, -0.1) is 0 Å². The Morgan fingerprint density at radius 2 is 2.00 bits per heavy atom. The van der Waals surface area contributed by atoms with Gasteiger partial charge in [-0.3, -0.25) is 9.59 Å². The summed E-state index contributed by atoms with van der Waals surface area (Å²) in [6, 6.07) is 3.55. The lowest BCUT2D eigenvalue weighted by molar-refractivity contribution is -0.138. The SMILES string of the molecule is CC(CC(F)(F)F)NC1=C(Nc2cccc(C(=O)N(C)C)c2O)C(=O)P1. The minimum atomic E-state index is -4.31. The van der Waals surface area contributed by atoms with E-state index in [1.807, 2.05) is 0 Å². The first kappa shape index (κ1) is 20.0. The van der Waals surface area contributed by atoms with Gasteiger partial charge in [0.05, 0.1) is 23.1 Å². The van der Waals surface area contributed by atoms with Crippen molar-refractivity contribution in [2.75, 3.05) is 19.4 Å². The molecular formula is C16H19F3N3O3P. The van der Waals surface area contributed by atoms with E-state index in [2.05, 4.69) is 10.6 Å². The molecule has 0 aromatic heterocycles. The number of amides is 1. The van der Waals surface area contributed by atoms with Gasteiger partial charge in [0.25, 0.3) is 5.91 Å². The molecule has 1 aliphatic heterocycles. The Balaban J connectivity index is 2.20. The molecule has 2 rings (SSSR count). The molecule has 3 N–H and O–H groups in total. The molecule has 0 spiro atoms. The van der Waals surface area contributed by atoms with Crippen LogP contribution in [0.1, 0.15) is 23.7 Å². The van der Waals surface area contributed by atoms with E-state index in [1.54, 1.807) is 0 Å². The molecule has 1 heterocycles. The number of nitrogens with one attached hydrogen (secondary N) is 2. The average molecular weight is 389 g/mol. The summed E-state index contributed by atoms with van der Waals surface area (Å²) in [5, 5.41) is 15.7. The Morgan fingerprint density at radius 3 is 2.54 bits per heavy atom. The summed E-state index contributed by atoms with van der Waals surface area (Å²) >= 11 is 0. The minimum absolute atomic E-state index is 0.0507. The molecule has 2 unspecified atom stereocenters. The highest BCUT2D eigenvalue weighted by Crippen LogP contribution is 2.42. The van der Waals surface area contributed by atoms with Crippen molar-refractivity contribution in [1.82, 2.24) is 10.2 Å². The van der Waals surface area contributed by atoms with Gasteiger partial charge in [-0.1, -0.05) is 6.07 Å².